The highest BCUT2D eigenvalue weighted by atomic mass is 16.1. The monoisotopic (exact) mass is 248 g/mol. The van der Waals surface area contributed by atoms with E-state index in [1.807, 2.05) is 13.8 Å². The number of hydrogen-bond donors (Lipinski definition) is 1. The van der Waals surface area contributed by atoms with Crippen LogP contribution in [0, 0.1) is 0 Å². The van der Waals surface area contributed by atoms with Gasteiger partial charge in [0.15, 0.2) is 0 Å². The van der Waals surface area contributed by atoms with E-state index in [1.54, 1.807) is 0 Å². The molecule has 18 heavy (non-hydrogen) atoms. The van der Waals surface area contributed by atoms with Gasteiger partial charge in [-0.1, -0.05) is 0 Å². The lowest BCUT2D eigenvalue weighted by molar-refractivity contribution is 0.0893. The molecular formula is C13H20N4O. The highest BCUT2D eigenvalue weighted by molar-refractivity contribution is 5.94. The summed E-state index contributed by atoms with van der Waals surface area (Å²) in [6.07, 6.45) is 7.02. The third-order valence-electron chi connectivity index (χ3n) is 3.09. The predicted molar refractivity (Wildman–Crippen MR) is 69.3 cm³/mol. The number of nitrogens with zero attached hydrogens (tertiary/aromatic N) is 3. The van der Waals surface area contributed by atoms with Crippen LogP contribution < -0.4 is 5.32 Å². The van der Waals surface area contributed by atoms with E-state index in [-0.39, 0.29) is 11.4 Å². The molecule has 1 aliphatic rings. The molecule has 0 aliphatic carbocycles. The lowest BCUT2D eigenvalue weighted by Crippen LogP contribution is -2.51. The van der Waals surface area contributed by atoms with Crippen molar-refractivity contribution in [1.82, 2.24) is 20.2 Å². The number of likely N-dealkylation sites (tertiary alicyclic amines) is 1. The van der Waals surface area contributed by atoms with Crippen LogP contribution in [-0.2, 0) is 0 Å². The van der Waals surface area contributed by atoms with Gasteiger partial charge in [-0.25, -0.2) is 9.97 Å². The van der Waals surface area contributed by atoms with Crippen LogP contribution in [0.3, 0.4) is 0 Å². The van der Waals surface area contributed by atoms with Crippen molar-refractivity contribution in [2.75, 3.05) is 19.6 Å². The number of carbonyl (C=O) groups excluding carboxylic acids is 1. The number of nitrogens with one attached hydrogen (secondary N) is 1. The van der Waals surface area contributed by atoms with E-state index in [0.29, 0.717) is 5.56 Å². The SMILES string of the molecule is CC(C)(CN1CCCC1)NC(=O)c1cncnc1. The molecule has 2 heterocycles. The molecule has 0 aromatic carbocycles. The van der Waals surface area contributed by atoms with Gasteiger partial charge >= 0.3 is 0 Å². The highest BCUT2D eigenvalue weighted by Crippen LogP contribution is 2.13. The molecule has 0 atom stereocenters. The van der Waals surface area contributed by atoms with E-state index in [2.05, 4.69) is 20.2 Å². The Labute approximate surface area is 108 Å². The first-order valence-corrected chi connectivity index (χ1v) is 6.37. The van der Waals surface area contributed by atoms with Crippen molar-refractivity contribution in [1.29, 1.82) is 0 Å². The smallest absolute Gasteiger partial charge is 0.254 e. The van der Waals surface area contributed by atoms with Crippen LogP contribution in [0.2, 0.25) is 0 Å². The van der Waals surface area contributed by atoms with E-state index in [4.69, 9.17) is 0 Å². The standard InChI is InChI=1S/C13H20N4O/c1-13(2,9-17-5-3-4-6-17)16-12(18)11-7-14-10-15-8-11/h7-8,10H,3-6,9H2,1-2H3,(H,16,18). The second-order valence-corrected chi connectivity index (χ2v) is 5.45. The van der Waals surface area contributed by atoms with E-state index in [1.165, 1.54) is 31.6 Å². The van der Waals surface area contributed by atoms with E-state index >= 15 is 0 Å². The van der Waals surface area contributed by atoms with Crippen molar-refractivity contribution < 1.29 is 4.79 Å². The molecule has 1 fully saturated rings. The lowest BCUT2D eigenvalue weighted by Gasteiger charge is -2.31. The zero-order valence-corrected chi connectivity index (χ0v) is 11.0. The molecule has 1 N–H and O–H groups in total. The Morgan fingerprint density at radius 2 is 1.94 bits per heavy atom. The van der Waals surface area contributed by atoms with Gasteiger partial charge in [-0.2, -0.15) is 0 Å². The second kappa shape index (κ2) is 5.44. The minimum absolute atomic E-state index is 0.111. The van der Waals surface area contributed by atoms with Crippen LogP contribution >= 0.6 is 0 Å². The molecule has 98 valence electrons. The Morgan fingerprint density at radius 3 is 2.56 bits per heavy atom. The fourth-order valence-corrected chi connectivity index (χ4v) is 2.34. The average molecular weight is 248 g/mol. The number of aromatic nitrogens is 2. The molecule has 5 nitrogen and oxygen atoms in total. The van der Waals surface area contributed by atoms with E-state index < -0.39 is 0 Å². The van der Waals surface area contributed by atoms with Crippen molar-refractivity contribution in [2.24, 2.45) is 0 Å². The second-order valence-electron chi connectivity index (χ2n) is 5.45. The maximum Gasteiger partial charge on any atom is 0.254 e. The number of rotatable bonds is 4. The maximum atomic E-state index is 12.0. The molecular weight excluding hydrogens is 228 g/mol. The summed E-state index contributed by atoms with van der Waals surface area (Å²) in [6, 6.07) is 0. The summed E-state index contributed by atoms with van der Waals surface area (Å²) >= 11 is 0. The Bertz CT molecular complexity index is 399. The van der Waals surface area contributed by atoms with Crippen LogP contribution in [0.1, 0.15) is 37.0 Å². The molecule has 1 aromatic rings. The first-order chi connectivity index (χ1) is 8.57. The van der Waals surface area contributed by atoms with Crippen molar-refractivity contribution in [2.45, 2.75) is 32.2 Å². The third kappa shape index (κ3) is 3.50. The predicted octanol–water partition coefficient (Wildman–Crippen LogP) is 1.08. The van der Waals surface area contributed by atoms with Crippen molar-refractivity contribution >= 4 is 5.91 Å². The number of carbonyl (C=O) groups is 1. The minimum Gasteiger partial charge on any atom is -0.346 e. The molecule has 1 aromatic heterocycles. The average Bonchev–Trinajstić information content (AvgIpc) is 2.81. The van der Waals surface area contributed by atoms with Gasteiger partial charge in [-0.3, -0.25) is 4.79 Å². The quantitative estimate of drug-likeness (QED) is 0.866. The molecule has 0 radical (unpaired) electrons. The summed E-state index contributed by atoms with van der Waals surface area (Å²) in [5, 5.41) is 3.04. The minimum atomic E-state index is -0.239. The van der Waals surface area contributed by atoms with Crippen LogP contribution in [0.5, 0.6) is 0 Å². The zero-order chi connectivity index (χ0) is 13.0. The van der Waals surface area contributed by atoms with Crippen LogP contribution in [0.25, 0.3) is 0 Å². The van der Waals surface area contributed by atoms with Gasteiger partial charge in [0.25, 0.3) is 5.91 Å². The largest absolute Gasteiger partial charge is 0.346 e. The summed E-state index contributed by atoms with van der Waals surface area (Å²) in [6.45, 7) is 7.24. The Balaban J connectivity index is 1.92. The van der Waals surface area contributed by atoms with Crippen LogP contribution in [0.4, 0.5) is 0 Å². The summed E-state index contributed by atoms with van der Waals surface area (Å²) in [5.41, 5.74) is 0.268. The summed E-state index contributed by atoms with van der Waals surface area (Å²) < 4.78 is 0. The fraction of sp³-hybridized carbons (Fsp3) is 0.615. The lowest BCUT2D eigenvalue weighted by atomic mass is 10.0. The Kier molecular flexibility index (Phi) is 3.91. The van der Waals surface area contributed by atoms with Crippen molar-refractivity contribution in [3.63, 3.8) is 0 Å². The molecule has 0 saturated carbocycles. The molecule has 0 spiro atoms. The zero-order valence-electron chi connectivity index (χ0n) is 11.0. The normalized spacial score (nSPS) is 16.8. The topological polar surface area (TPSA) is 58.1 Å². The highest BCUT2D eigenvalue weighted by Gasteiger charge is 2.25. The molecule has 1 saturated heterocycles. The first kappa shape index (κ1) is 13.0. The molecule has 1 amide bonds. The van der Waals surface area contributed by atoms with Gasteiger partial charge < -0.3 is 10.2 Å². The van der Waals surface area contributed by atoms with Crippen LogP contribution in [-0.4, -0.2) is 45.9 Å². The molecule has 1 aliphatic heterocycles. The summed E-state index contributed by atoms with van der Waals surface area (Å²) in [7, 11) is 0. The summed E-state index contributed by atoms with van der Waals surface area (Å²) in [4.78, 5) is 22.1. The summed E-state index contributed by atoms with van der Waals surface area (Å²) in [5.74, 6) is -0.111. The van der Waals surface area contributed by atoms with Crippen molar-refractivity contribution in [3.8, 4) is 0 Å². The van der Waals surface area contributed by atoms with Gasteiger partial charge in [0.1, 0.15) is 6.33 Å². The third-order valence-corrected chi connectivity index (χ3v) is 3.09. The molecule has 5 heteroatoms. The fourth-order valence-electron chi connectivity index (χ4n) is 2.34. The Morgan fingerprint density at radius 1 is 1.33 bits per heavy atom. The number of amides is 1. The van der Waals surface area contributed by atoms with Crippen LogP contribution in [0.15, 0.2) is 18.7 Å². The van der Waals surface area contributed by atoms with Gasteiger partial charge in [-0.05, 0) is 39.8 Å². The Hall–Kier alpha value is -1.49. The van der Waals surface area contributed by atoms with Gasteiger partial charge in [0.2, 0.25) is 0 Å². The molecule has 2 rings (SSSR count). The molecule has 0 bridgehead atoms. The maximum absolute atomic E-state index is 12.0. The van der Waals surface area contributed by atoms with E-state index in [9.17, 15) is 4.79 Å². The van der Waals surface area contributed by atoms with E-state index in [0.717, 1.165) is 19.6 Å². The van der Waals surface area contributed by atoms with Gasteiger partial charge in [-0.15, -0.1) is 0 Å². The number of hydrogen-bond acceptors (Lipinski definition) is 4. The van der Waals surface area contributed by atoms with Gasteiger partial charge in [0.05, 0.1) is 5.56 Å². The van der Waals surface area contributed by atoms with Crippen molar-refractivity contribution in [3.05, 3.63) is 24.3 Å². The first-order valence-electron chi connectivity index (χ1n) is 6.37. The molecule has 0 unspecified atom stereocenters. The van der Waals surface area contributed by atoms with Gasteiger partial charge in [0, 0.05) is 24.5 Å².